The molecular weight excluding hydrogens is 336 g/mol. The van der Waals surface area contributed by atoms with Crippen molar-refractivity contribution in [3.63, 3.8) is 0 Å². The molecule has 0 spiro atoms. The van der Waals surface area contributed by atoms with Gasteiger partial charge in [-0.25, -0.2) is 0 Å². The highest BCUT2D eigenvalue weighted by Crippen LogP contribution is 2.04. The number of aliphatic hydroxyl groups excluding tert-OH is 11. The van der Waals surface area contributed by atoms with Gasteiger partial charge in [-0.3, -0.25) is 0 Å². The van der Waals surface area contributed by atoms with Crippen molar-refractivity contribution in [2.75, 3.05) is 19.8 Å². The molecule has 146 valence electrons. The van der Waals surface area contributed by atoms with E-state index in [9.17, 15) is 4.79 Å². The van der Waals surface area contributed by atoms with Crippen LogP contribution in [0.2, 0.25) is 0 Å². The smallest absolute Gasteiger partial charge is 0.151 e. The zero-order valence-electron chi connectivity index (χ0n) is 12.6. The number of rotatable bonds is 10. The summed E-state index contributed by atoms with van der Waals surface area (Å²) in [6.45, 7) is -2.21. The maximum absolute atomic E-state index is 9.90. The van der Waals surface area contributed by atoms with E-state index in [1.807, 2.05) is 0 Å². The van der Waals surface area contributed by atoms with Crippen molar-refractivity contribution in [2.24, 2.45) is 0 Å². The third-order valence-electron chi connectivity index (χ3n) is 2.93. The summed E-state index contributed by atoms with van der Waals surface area (Å²) >= 11 is 0. The van der Waals surface area contributed by atoms with Crippen LogP contribution in [0.25, 0.3) is 0 Å². The van der Waals surface area contributed by atoms with Crippen LogP contribution in [-0.4, -0.2) is 131 Å². The molecule has 0 radical (unpaired) electrons. The van der Waals surface area contributed by atoms with Gasteiger partial charge in [0.1, 0.15) is 48.8 Å². The van der Waals surface area contributed by atoms with Crippen LogP contribution in [0, 0.1) is 0 Å². The first kappa shape index (κ1) is 25.5. The highest BCUT2D eigenvalue weighted by Gasteiger charge is 2.30. The predicted octanol–water partition coefficient (Wildman–Crippen LogP) is -6.96. The second-order valence-corrected chi connectivity index (χ2v) is 4.84. The lowest BCUT2D eigenvalue weighted by Gasteiger charge is -2.24. The van der Waals surface area contributed by atoms with E-state index in [1.165, 1.54) is 0 Å². The lowest BCUT2D eigenvalue weighted by molar-refractivity contribution is -0.136. The molecule has 0 aliphatic rings. The van der Waals surface area contributed by atoms with Gasteiger partial charge in [-0.05, 0) is 0 Å². The standard InChI is InChI=1S/C6H14O6.C6H12O6/c2*7-1-3(9)5(11)6(12)4(10)2-8/h3-12H,1-2H2;1,3-6,8-12H,2H2. The van der Waals surface area contributed by atoms with Gasteiger partial charge in [0, 0.05) is 0 Å². The van der Waals surface area contributed by atoms with Crippen LogP contribution in [0.5, 0.6) is 0 Å². The van der Waals surface area contributed by atoms with Gasteiger partial charge in [-0.1, -0.05) is 0 Å². The predicted molar refractivity (Wildman–Crippen MR) is 75.4 cm³/mol. The fraction of sp³-hybridized carbons (Fsp3) is 0.917. The molecule has 12 heteroatoms. The SMILES string of the molecule is O=CC(O)C(O)C(O)C(O)CO.OCC(O)C(O)C(O)C(O)CO. The molecule has 0 bridgehead atoms. The second kappa shape index (κ2) is 13.5. The number of hydrogen-bond donors (Lipinski definition) is 11. The Morgan fingerprint density at radius 3 is 1.00 bits per heavy atom. The fourth-order valence-corrected chi connectivity index (χ4v) is 1.29. The normalized spacial score (nSPS) is 21.3. The first-order valence-electron chi connectivity index (χ1n) is 6.81. The van der Waals surface area contributed by atoms with Crippen LogP contribution < -0.4 is 0 Å². The second-order valence-electron chi connectivity index (χ2n) is 4.84. The Bertz CT molecular complexity index is 302. The van der Waals surface area contributed by atoms with Crippen molar-refractivity contribution in [3.8, 4) is 0 Å². The molecule has 0 aliphatic heterocycles. The topological polar surface area (TPSA) is 240 Å². The van der Waals surface area contributed by atoms with Crippen LogP contribution >= 0.6 is 0 Å². The zero-order chi connectivity index (χ0) is 19.4. The Kier molecular flexibility index (Phi) is 14.3. The lowest BCUT2D eigenvalue weighted by atomic mass is 10.0. The summed E-state index contributed by atoms with van der Waals surface area (Å²) in [5.41, 5.74) is 0. The Labute approximate surface area is 137 Å². The minimum Gasteiger partial charge on any atom is -0.394 e. The first-order valence-corrected chi connectivity index (χ1v) is 6.81. The summed E-state index contributed by atoms with van der Waals surface area (Å²) in [6, 6.07) is 0. The molecule has 8 atom stereocenters. The van der Waals surface area contributed by atoms with Gasteiger partial charge >= 0.3 is 0 Å². The van der Waals surface area contributed by atoms with Crippen LogP contribution in [0.15, 0.2) is 0 Å². The molecular formula is C12H26O12. The molecule has 0 rings (SSSR count). The van der Waals surface area contributed by atoms with E-state index in [1.54, 1.807) is 0 Å². The van der Waals surface area contributed by atoms with E-state index in [4.69, 9.17) is 56.2 Å². The van der Waals surface area contributed by atoms with Crippen LogP contribution in [-0.2, 0) is 4.79 Å². The summed E-state index contributed by atoms with van der Waals surface area (Å²) in [5, 5.41) is 95.7. The molecule has 12 nitrogen and oxygen atoms in total. The molecule has 0 fully saturated rings. The fourth-order valence-electron chi connectivity index (χ4n) is 1.29. The molecule has 0 aromatic carbocycles. The van der Waals surface area contributed by atoms with Crippen molar-refractivity contribution >= 4 is 6.29 Å². The Morgan fingerprint density at radius 2 is 0.792 bits per heavy atom. The van der Waals surface area contributed by atoms with Gasteiger partial charge in [0.2, 0.25) is 0 Å². The molecule has 0 aromatic rings. The van der Waals surface area contributed by atoms with Crippen molar-refractivity contribution < 1.29 is 61.0 Å². The molecule has 8 unspecified atom stereocenters. The maximum Gasteiger partial charge on any atom is 0.151 e. The quantitative estimate of drug-likeness (QED) is 0.162. The largest absolute Gasteiger partial charge is 0.394 e. The number of hydrogen-bond acceptors (Lipinski definition) is 12. The summed E-state index contributed by atoms with van der Waals surface area (Å²) in [7, 11) is 0. The molecule has 0 aromatic heterocycles. The van der Waals surface area contributed by atoms with Gasteiger partial charge in [-0.2, -0.15) is 0 Å². The zero-order valence-corrected chi connectivity index (χ0v) is 12.6. The average molecular weight is 362 g/mol. The van der Waals surface area contributed by atoms with Crippen LogP contribution in [0.3, 0.4) is 0 Å². The van der Waals surface area contributed by atoms with Crippen molar-refractivity contribution in [3.05, 3.63) is 0 Å². The van der Waals surface area contributed by atoms with E-state index >= 15 is 0 Å². The van der Waals surface area contributed by atoms with Crippen molar-refractivity contribution in [2.45, 2.75) is 48.8 Å². The average Bonchev–Trinajstić information content (AvgIpc) is 2.62. The van der Waals surface area contributed by atoms with E-state index in [2.05, 4.69) is 0 Å². The monoisotopic (exact) mass is 362 g/mol. The number of aldehydes is 1. The molecule has 0 heterocycles. The van der Waals surface area contributed by atoms with Crippen molar-refractivity contribution in [1.82, 2.24) is 0 Å². The van der Waals surface area contributed by atoms with Gasteiger partial charge in [-0.15, -0.1) is 0 Å². The molecule has 0 aliphatic carbocycles. The van der Waals surface area contributed by atoms with Gasteiger partial charge in [0.25, 0.3) is 0 Å². The minimum absolute atomic E-state index is 0.0258. The Balaban J connectivity index is 0. The van der Waals surface area contributed by atoms with Gasteiger partial charge < -0.3 is 61.0 Å². The lowest BCUT2D eigenvalue weighted by Crippen LogP contribution is -2.46. The summed E-state index contributed by atoms with van der Waals surface area (Å²) in [5.74, 6) is 0. The minimum atomic E-state index is -1.79. The van der Waals surface area contributed by atoms with Crippen LogP contribution in [0.1, 0.15) is 0 Å². The molecule has 0 saturated carbocycles. The highest BCUT2D eigenvalue weighted by molar-refractivity contribution is 5.56. The van der Waals surface area contributed by atoms with Gasteiger partial charge in [0.05, 0.1) is 19.8 Å². The van der Waals surface area contributed by atoms with Crippen molar-refractivity contribution in [1.29, 1.82) is 0 Å². The summed E-state index contributed by atoms with van der Waals surface area (Å²) in [4.78, 5) is 9.90. The third-order valence-corrected chi connectivity index (χ3v) is 2.93. The van der Waals surface area contributed by atoms with E-state index < -0.39 is 68.7 Å². The van der Waals surface area contributed by atoms with Crippen LogP contribution in [0.4, 0.5) is 0 Å². The van der Waals surface area contributed by atoms with E-state index in [0.717, 1.165) is 0 Å². The Hall–Kier alpha value is -0.770. The highest BCUT2D eigenvalue weighted by atomic mass is 16.4. The third kappa shape index (κ3) is 8.91. The molecule has 0 saturated heterocycles. The van der Waals surface area contributed by atoms with E-state index in [0.29, 0.717) is 0 Å². The molecule has 24 heavy (non-hydrogen) atoms. The maximum atomic E-state index is 9.90. The number of carbonyl (C=O) groups is 1. The number of carbonyl (C=O) groups excluding carboxylic acids is 1. The summed E-state index contributed by atoms with van der Waals surface area (Å²) in [6.07, 6.45) is -13.2. The first-order chi connectivity index (χ1) is 11.1. The summed E-state index contributed by atoms with van der Waals surface area (Å²) < 4.78 is 0. The molecule has 0 amide bonds. The van der Waals surface area contributed by atoms with E-state index in [-0.39, 0.29) is 6.29 Å². The Morgan fingerprint density at radius 1 is 0.542 bits per heavy atom. The number of aliphatic hydroxyl groups is 11. The van der Waals surface area contributed by atoms with Gasteiger partial charge in [0.15, 0.2) is 6.29 Å². The molecule has 11 N–H and O–H groups in total.